The second-order valence-corrected chi connectivity index (χ2v) is 5.66. The second-order valence-electron chi connectivity index (χ2n) is 5.66. The highest BCUT2D eigenvalue weighted by atomic mass is 14.9. The Morgan fingerprint density at radius 2 is 1.72 bits per heavy atom. The third-order valence-corrected chi connectivity index (χ3v) is 3.37. The lowest BCUT2D eigenvalue weighted by atomic mass is 9.93. The van der Waals surface area contributed by atoms with Crippen molar-refractivity contribution in [3.63, 3.8) is 0 Å². The van der Waals surface area contributed by atoms with E-state index in [4.69, 9.17) is 0 Å². The summed E-state index contributed by atoms with van der Waals surface area (Å²) in [5.41, 5.74) is 1.49. The van der Waals surface area contributed by atoms with E-state index in [0.29, 0.717) is 5.92 Å². The fraction of sp³-hybridized carbons (Fsp3) is 0.647. The molecule has 0 heterocycles. The SMILES string of the molecule is CCCCCC(CNCC(C)C)c1ccccc1. The molecule has 0 amide bonds. The van der Waals surface area contributed by atoms with E-state index in [2.05, 4.69) is 56.4 Å². The zero-order valence-corrected chi connectivity index (χ0v) is 12.3. The number of benzene rings is 1. The molecule has 1 nitrogen and oxygen atoms in total. The van der Waals surface area contributed by atoms with Gasteiger partial charge in [-0.2, -0.15) is 0 Å². The molecular formula is C17H29N. The van der Waals surface area contributed by atoms with Crippen LogP contribution in [0.4, 0.5) is 0 Å². The standard InChI is InChI=1S/C17H29N/c1-4-5-7-12-17(14-18-13-15(2)3)16-10-8-6-9-11-16/h6,8-11,15,17-18H,4-5,7,12-14H2,1-3H3. The number of nitrogens with one attached hydrogen (secondary N) is 1. The van der Waals surface area contributed by atoms with Crippen molar-refractivity contribution in [2.24, 2.45) is 5.92 Å². The molecule has 102 valence electrons. The average molecular weight is 247 g/mol. The largest absolute Gasteiger partial charge is 0.316 e. The quantitative estimate of drug-likeness (QED) is 0.629. The van der Waals surface area contributed by atoms with Gasteiger partial charge in [-0.3, -0.25) is 0 Å². The predicted octanol–water partition coefficient (Wildman–Crippen LogP) is 4.60. The highest BCUT2D eigenvalue weighted by molar-refractivity contribution is 5.19. The Bertz CT molecular complexity index is 292. The number of hydrogen-bond donors (Lipinski definition) is 1. The molecule has 0 fully saturated rings. The third-order valence-electron chi connectivity index (χ3n) is 3.37. The molecule has 1 aromatic rings. The Balaban J connectivity index is 2.47. The molecule has 0 radical (unpaired) electrons. The maximum atomic E-state index is 3.61. The Morgan fingerprint density at radius 3 is 2.33 bits per heavy atom. The maximum Gasteiger partial charge on any atom is 0.00202 e. The molecule has 0 bridgehead atoms. The van der Waals surface area contributed by atoms with Crippen molar-refractivity contribution in [1.29, 1.82) is 0 Å². The molecule has 0 aliphatic carbocycles. The van der Waals surface area contributed by atoms with Gasteiger partial charge in [-0.25, -0.2) is 0 Å². The molecule has 1 rings (SSSR count). The van der Waals surface area contributed by atoms with Crippen LogP contribution in [0, 0.1) is 5.92 Å². The first-order chi connectivity index (χ1) is 8.74. The summed E-state index contributed by atoms with van der Waals surface area (Å²) < 4.78 is 0. The van der Waals surface area contributed by atoms with Crippen LogP contribution in [0.25, 0.3) is 0 Å². The van der Waals surface area contributed by atoms with Crippen molar-refractivity contribution in [3.05, 3.63) is 35.9 Å². The summed E-state index contributed by atoms with van der Waals surface area (Å²) in [4.78, 5) is 0. The fourth-order valence-electron chi connectivity index (χ4n) is 2.30. The molecule has 1 heteroatoms. The van der Waals surface area contributed by atoms with Crippen LogP contribution in [-0.4, -0.2) is 13.1 Å². The highest BCUT2D eigenvalue weighted by Gasteiger charge is 2.10. The Hall–Kier alpha value is -0.820. The fourth-order valence-corrected chi connectivity index (χ4v) is 2.30. The molecule has 0 aliphatic heterocycles. The summed E-state index contributed by atoms with van der Waals surface area (Å²) in [5.74, 6) is 1.41. The van der Waals surface area contributed by atoms with Crippen LogP contribution in [0.15, 0.2) is 30.3 Å². The van der Waals surface area contributed by atoms with E-state index in [1.165, 1.54) is 31.2 Å². The number of hydrogen-bond acceptors (Lipinski definition) is 1. The minimum Gasteiger partial charge on any atom is -0.316 e. The molecule has 1 atom stereocenters. The third kappa shape index (κ3) is 6.20. The number of rotatable bonds is 9. The summed E-state index contributed by atoms with van der Waals surface area (Å²) in [6, 6.07) is 11.0. The van der Waals surface area contributed by atoms with Crippen molar-refractivity contribution >= 4 is 0 Å². The summed E-state index contributed by atoms with van der Waals surface area (Å²) in [5, 5.41) is 3.61. The van der Waals surface area contributed by atoms with E-state index >= 15 is 0 Å². The molecule has 0 saturated heterocycles. The molecule has 0 spiro atoms. The predicted molar refractivity (Wildman–Crippen MR) is 81.0 cm³/mol. The molecule has 0 aromatic heterocycles. The molecule has 0 aliphatic rings. The van der Waals surface area contributed by atoms with E-state index < -0.39 is 0 Å². The second kappa shape index (κ2) is 9.16. The molecule has 1 N–H and O–H groups in total. The summed E-state index contributed by atoms with van der Waals surface area (Å²) in [7, 11) is 0. The van der Waals surface area contributed by atoms with Gasteiger partial charge in [-0.1, -0.05) is 70.4 Å². The van der Waals surface area contributed by atoms with Gasteiger partial charge in [-0.05, 0) is 30.4 Å². The first kappa shape index (κ1) is 15.2. The van der Waals surface area contributed by atoms with Gasteiger partial charge in [0.1, 0.15) is 0 Å². The smallest absolute Gasteiger partial charge is 0.00202 e. The monoisotopic (exact) mass is 247 g/mol. The maximum absolute atomic E-state index is 3.61. The topological polar surface area (TPSA) is 12.0 Å². The first-order valence-corrected chi connectivity index (χ1v) is 7.49. The van der Waals surface area contributed by atoms with Crippen molar-refractivity contribution in [1.82, 2.24) is 5.32 Å². The van der Waals surface area contributed by atoms with Crippen molar-refractivity contribution in [2.75, 3.05) is 13.1 Å². The first-order valence-electron chi connectivity index (χ1n) is 7.49. The lowest BCUT2D eigenvalue weighted by Crippen LogP contribution is -2.25. The van der Waals surface area contributed by atoms with Crippen LogP contribution in [0.3, 0.4) is 0 Å². The van der Waals surface area contributed by atoms with Crippen LogP contribution in [0.1, 0.15) is 57.9 Å². The summed E-state index contributed by atoms with van der Waals surface area (Å²) in [6.07, 6.45) is 5.32. The van der Waals surface area contributed by atoms with Gasteiger partial charge in [0.25, 0.3) is 0 Å². The highest BCUT2D eigenvalue weighted by Crippen LogP contribution is 2.21. The molecule has 18 heavy (non-hydrogen) atoms. The van der Waals surface area contributed by atoms with E-state index in [9.17, 15) is 0 Å². The lowest BCUT2D eigenvalue weighted by Gasteiger charge is -2.19. The van der Waals surface area contributed by atoms with Crippen molar-refractivity contribution < 1.29 is 0 Å². The molecular weight excluding hydrogens is 218 g/mol. The van der Waals surface area contributed by atoms with Crippen molar-refractivity contribution in [3.8, 4) is 0 Å². The van der Waals surface area contributed by atoms with Gasteiger partial charge in [-0.15, -0.1) is 0 Å². The van der Waals surface area contributed by atoms with Crippen LogP contribution < -0.4 is 5.32 Å². The molecule has 0 saturated carbocycles. The van der Waals surface area contributed by atoms with Gasteiger partial charge >= 0.3 is 0 Å². The Morgan fingerprint density at radius 1 is 1.00 bits per heavy atom. The van der Waals surface area contributed by atoms with Crippen LogP contribution >= 0.6 is 0 Å². The molecule has 1 aromatic carbocycles. The minimum atomic E-state index is 0.677. The van der Waals surface area contributed by atoms with Gasteiger partial charge in [0.05, 0.1) is 0 Å². The van der Waals surface area contributed by atoms with Gasteiger partial charge < -0.3 is 5.32 Å². The van der Waals surface area contributed by atoms with E-state index in [0.717, 1.165) is 19.0 Å². The summed E-state index contributed by atoms with van der Waals surface area (Å²) >= 11 is 0. The van der Waals surface area contributed by atoms with Crippen LogP contribution in [0.2, 0.25) is 0 Å². The van der Waals surface area contributed by atoms with Gasteiger partial charge in [0, 0.05) is 6.54 Å². The van der Waals surface area contributed by atoms with Gasteiger partial charge in [0.2, 0.25) is 0 Å². The van der Waals surface area contributed by atoms with Gasteiger partial charge in [0.15, 0.2) is 0 Å². The number of unbranched alkanes of at least 4 members (excludes halogenated alkanes) is 2. The Kier molecular flexibility index (Phi) is 7.75. The Labute approximate surface area is 113 Å². The molecule has 1 unspecified atom stereocenters. The zero-order valence-electron chi connectivity index (χ0n) is 12.3. The average Bonchev–Trinajstić information content (AvgIpc) is 2.38. The van der Waals surface area contributed by atoms with E-state index in [1.807, 2.05) is 0 Å². The van der Waals surface area contributed by atoms with Crippen LogP contribution in [-0.2, 0) is 0 Å². The van der Waals surface area contributed by atoms with Crippen LogP contribution in [0.5, 0.6) is 0 Å². The normalized spacial score (nSPS) is 12.9. The van der Waals surface area contributed by atoms with Crippen molar-refractivity contribution in [2.45, 2.75) is 52.4 Å². The van der Waals surface area contributed by atoms with E-state index in [1.54, 1.807) is 0 Å². The van der Waals surface area contributed by atoms with E-state index in [-0.39, 0.29) is 0 Å². The zero-order chi connectivity index (χ0) is 13.2. The summed E-state index contributed by atoms with van der Waals surface area (Å²) in [6.45, 7) is 9.04. The minimum absolute atomic E-state index is 0.677. The lowest BCUT2D eigenvalue weighted by molar-refractivity contribution is 0.486.